The first kappa shape index (κ1) is 12.9. The van der Waals surface area contributed by atoms with E-state index in [1.807, 2.05) is 0 Å². The summed E-state index contributed by atoms with van der Waals surface area (Å²) in [5.74, 6) is 1.62. The Morgan fingerprint density at radius 3 is 2.28 bits per heavy atom. The van der Waals surface area contributed by atoms with Crippen LogP contribution < -0.4 is 5.73 Å². The molecule has 0 bridgehead atoms. The Kier molecular flexibility index (Phi) is 4.19. The molecule has 0 aliphatic heterocycles. The molecule has 2 heteroatoms. The van der Waals surface area contributed by atoms with Crippen LogP contribution in [0.15, 0.2) is 30.5 Å². The van der Waals surface area contributed by atoms with E-state index >= 15 is 0 Å². The lowest BCUT2D eigenvalue weighted by Gasteiger charge is -2.26. The van der Waals surface area contributed by atoms with E-state index in [4.69, 9.17) is 11.1 Å². The van der Waals surface area contributed by atoms with Gasteiger partial charge in [-0.3, -0.25) is 0 Å². The minimum atomic E-state index is 0.723. The van der Waals surface area contributed by atoms with Crippen LogP contribution >= 0.6 is 0 Å². The van der Waals surface area contributed by atoms with E-state index in [2.05, 4.69) is 31.2 Å². The molecule has 2 nitrogen and oxygen atoms in total. The quantitative estimate of drug-likeness (QED) is 0.775. The summed E-state index contributed by atoms with van der Waals surface area (Å²) in [5.41, 5.74) is 8.74. The number of hydrogen-bond acceptors (Lipinski definition) is 2. The fourth-order valence-corrected chi connectivity index (χ4v) is 2.77. The van der Waals surface area contributed by atoms with E-state index in [0.29, 0.717) is 0 Å². The Balaban J connectivity index is 2.10. The van der Waals surface area contributed by atoms with Gasteiger partial charge in [-0.1, -0.05) is 44.0 Å². The lowest BCUT2D eigenvalue weighted by molar-refractivity contribution is 0.348. The Morgan fingerprint density at radius 2 is 1.78 bits per heavy atom. The van der Waals surface area contributed by atoms with Crippen LogP contribution in [0.1, 0.15) is 49.7 Å². The summed E-state index contributed by atoms with van der Waals surface area (Å²) in [6.07, 6.45) is 8.11. The van der Waals surface area contributed by atoms with Gasteiger partial charge in [-0.15, -0.1) is 0 Å². The van der Waals surface area contributed by atoms with Gasteiger partial charge in [0.2, 0.25) is 0 Å². The number of nitrogens with two attached hydrogens (primary N) is 1. The fourth-order valence-electron chi connectivity index (χ4n) is 2.77. The van der Waals surface area contributed by atoms with Crippen LogP contribution in [0.2, 0.25) is 0 Å². The highest BCUT2D eigenvalue weighted by Gasteiger charge is 2.19. The number of hydrogen-bond donors (Lipinski definition) is 2. The van der Waals surface area contributed by atoms with Gasteiger partial charge >= 0.3 is 0 Å². The summed E-state index contributed by atoms with van der Waals surface area (Å²) >= 11 is 0. The zero-order chi connectivity index (χ0) is 13.0. The summed E-state index contributed by atoms with van der Waals surface area (Å²) in [6.45, 7) is 2.35. The van der Waals surface area contributed by atoms with Gasteiger partial charge in [0.1, 0.15) is 0 Å². The lowest BCUT2D eigenvalue weighted by Crippen LogP contribution is -2.10. The maximum atomic E-state index is 7.30. The fraction of sp³-hybridized carbons (Fsp3) is 0.438. The molecule has 1 aromatic carbocycles. The minimum absolute atomic E-state index is 0.723. The molecular formula is C16H22N2. The average molecular weight is 242 g/mol. The predicted molar refractivity (Wildman–Crippen MR) is 77.8 cm³/mol. The molecule has 3 N–H and O–H groups in total. The van der Waals surface area contributed by atoms with Gasteiger partial charge < -0.3 is 11.1 Å². The van der Waals surface area contributed by atoms with E-state index in [1.165, 1.54) is 43.7 Å². The summed E-state index contributed by atoms with van der Waals surface area (Å²) in [6, 6.07) is 8.56. The smallest absolute Gasteiger partial charge is 0.0270 e. The van der Waals surface area contributed by atoms with Gasteiger partial charge in [-0.2, -0.15) is 0 Å². The van der Waals surface area contributed by atoms with Crippen LogP contribution in [0.4, 0.5) is 0 Å². The average Bonchev–Trinajstić information content (AvgIpc) is 2.42. The maximum Gasteiger partial charge on any atom is 0.0270 e. The first-order chi connectivity index (χ1) is 8.74. The SMILES string of the molecule is CC1CCC(c2ccc(/C(C=N)=C/N)cc2)CC1. The van der Waals surface area contributed by atoms with Gasteiger partial charge in [0, 0.05) is 18.0 Å². The second kappa shape index (κ2) is 5.85. The summed E-state index contributed by atoms with van der Waals surface area (Å²) in [4.78, 5) is 0. The van der Waals surface area contributed by atoms with Gasteiger partial charge in [0.15, 0.2) is 0 Å². The first-order valence-corrected chi connectivity index (χ1v) is 6.77. The van der Waals surface area contributed by atoms with Crippen molar-refractivity contribution in [3.05, 3.63) is 41.6 Å². The third kappa shape index (κ3) is 2.81. The zero-order valence-electron chi connectivity index (χ0n) is 11.0. The zero-order valence-corrected chi connectivity index (χ0v) is 11.0. The largest absolute Gasteiger partial charge is 0.404 e. The minimum Gasteiger partial charge on any atom is -0.404 e. The Bertz CT molecular complexity index is 423. The summed E-state index contributed by atoms with van der Waals surface area (Å²) in [5, 5.41) is 7.30. The van der Waals surface area contributed by atoms with Crippen molar-refractivity contribution >= 4 is 11.8 Å². The molecule has 1 aliphatic carbocycles. The third-order valence-electron chi connectivity index (χ3n) is 4.07. The van der Waals surface area contributed by atoms with Crippen LogP contribution in [0.3, 0.4) is 0 Å². The maximum absolute atomic E-state index is 7.30. The van der Waals surface area contributed by atoms with Crippen molar-refractivity contribution in [1.29, 1.82) is 5.41 Å². The number of benzene rings is 1. The summed E-state index contributed by atoms with van der Waals surface area (Å²) in [7, 11) is 0. The van der Waals surface area contributed by atoms with Crippen LogP contribution in [-0.4, -0.2) is 6.21 Å². The lowest BCUT2D eigenvalue weighted by atomic mass is 9.79. The van der Waals surface area contributed by atoms with E-state index in [1.54, 1.807) is 0 Å². The molecule has 0 unspecified atom stereocenters. The van der Waals surface area contributed by atoms with Crippen LogP contribution in [0.25, 0.3) is 5.57 Å². The molecule has 2 rings (SSSR count). The van der Waals surface area contributed by atoms with Crippen LogP contribution in [0, 0.1) is 11.3 Å². The molecule has 96 valence electrons. The van der Waals surface area contributed by atoms with Crippen molar-refractivity contribution in [2.75, 3.05) is 0 Å². The molecule has 0 radical (unpaired) electrons. The molecule has 1 fully saturated rings. The molecule has 0 amide bonds. The van der Waals surface area contributed by atoms with Gasteiger partial charge in [0.05, 0.1) is 0 Å². The monoisotopic (exact) mass is 242 g/mol. The van der Waals surface area contributed by atoms with Crippen molar-refractivity contribution in [3.8, 4) is 0 Å². The highest BCUT2D eigenvalue weighted by Crippen LogP contribution is 2.35. The molecule has 1 aliphatic rings. The first-order valence-electron chi connectivity index (χ1n) is 6.77. The highest BCUT2D eigenvalue weighted by atomic mass is 14.5. The molecule has 0 aromatic heterocycles. The van der Waals surface area contributed by atoms with Gasteiger partial charge in [-0.25, -0.2) is 0 Å². The van der Waals surface area contributed by atoms with E-state index in [9.17, 15) is 0 Å². The second-order valence-electron chi connectivity index (χ2n) is 5.35. The van der Waals surface area contributed by atoms with E-state index in [0.717, 1.165) is 23.0 Å². The van der Waals surface area contributed by atoms with E-state index in [-0.39, 0.29) is 0 Å². The Labute approximate surface area is 109 Å². The molecule has 0 atom stereocenters. The Hall–Kier alpha value is -1.57. The topological polar surface area (TPSA) is 49.9 Å². The van der Waals surface area contributed by atoms with Crippen molar-refractivity contribution in [3.63, 3.8) is 0 Å². The Morgan fingerprint density at radius 1 is 1.17 bits per heavy atom. The van der Waals surface area contributed by atoms with E-state index < -0.39 is 0 Å². The molecule has 0 heterocycles. The van der Waals surface area contributed by atoms with Crippen LogP contribution in [-0.2, 0) is 0 Å². The predicted octanol–water partition coefficient (Wildman–Crippen LogP) is 3.93. The van der Waals surface area contributed by atoms with Gasteiger partial charge in [0.25, 0.3) is 0 Å². The standard InChI is InChI=1S/C16H22N2/c1-12-2-4-13(5-3-12)14-6-8-15(9-7-14)16(10-17)11-18/h6-13,17H,2-5,18H2,1H3/b16-11+,17-10?. The third-order valence-corrected chi connectivity index (χ3v) is 4.07. The molecule has 0 saturated heterocycles. The number of nitrogens with one attached hydrogen (secondary N) is 1. The molecule has 18 heavy (non-hydrogen) atoms. The summed E-state index contributed by atoms with van der Waals surface area (Å²) < 4.78 is 0. The number of allylic oxidation sites excluding steroid dienone is 1. The normalized spacial score (nSPS) is 24.8. The van der Waals surface area contributed by atoms with Crippen molar-refractivity contribution < 1.29 is 0 Å². The van der Waals surface area contributed by atoms with Crippen molar-refractivity contribution in [2.24, 2.45) is 11.7 Å². The molecule has 1 aromatic rings. The van der Waals surface area contributed by atoms with Gasteiger partial charge in [-0.05, 0) is 35.8 Å². The van der Waals surface area contributed by atoms with Crippen molar-refractivity contribution in [2.45, 2.75) is 38.5 Å². The highest BCUT2D eigenvalue weighted by molar-refractivity contribution is 6.08. The molecule has 0 spiro atoms. The van der Waals surface area contributed by atoms with Crippen LogP contribution in [0.5, 0.6) is 0 Å². The molecular weight excluding hydrogens is 220 g/mol. The van der Waals surface area contributed by atoms with Crippen molar-refractivity contribution in [1.82, 2.24) is 0 Å². The number of rotatable bonds is 3. The molecule has 1 saturated carbocycles. The second-order valence-corrected chi connectivity index (χ2v) is 5.35.